The van der Waals surface area contributed by atoms with Crippen LogP contribution < -0.4 is 10.6 Å². The highest BCUT2D eigenvalue weighted by Gasteiger charge is 2.31. The van der Waals surface area contributed by atoms with Crippen LogP contribution in [0.1, 0.15) is 12.0 Å². The fourth-order valence-electron chi connectivity index (χ4n) is 3.50. The van der Waals surface area contributed by atoms with Crippen LogP contribution in [0.5, 0.6) is 0 Å². The van der Waals surface area contributed by atoms with E-state index in [1.807, 2.05) is 54.7 Å². The van der Waals surface area contributed by atoms with E-state index in [0.29, 0.717) is 0 Å². The normalized spacial score (nSPS) is 16.4. The third-order valence-corrected chi connectivity index (χ3v) is 6.27. The van der Waals surface area contributed by atoms with Gasteiger partial charge in [0.1, 0.15) is 6.04 Å². The molecule has 0 aliphatic carbocycles. The predicted molar refractivity (Wildman–Crippen MR) is 115 cm³/mol. The van der Waals surface area contributed by atoms with Crippen LogP contribution in [0.2, 0.25) is 0 Å². The molecular weight excluding hydrogens is 402 g/mol. The first kappa shape index (κ1) is 20.0. The van der Waals surface area contributed by atoms with Crippen molar-refractivity contribution in [3.8, 4) is 0 Å². The molecule has 3 N–H and O–H groups in total. The quantitative estimate of drug-likeness (QED) is 0.530. The Morgan fingerprint density at radius 1 is 1.17 bits per heavy atom. The second-order valence-corrected chi connectivity index (χ2v) is 8.25. The Labute approximate surface area is 177 Å². The first-order chi connectivity index (χ1) is 14.5. The Morgan fingerprint density at radius 2 is 1.93 bits per heavy atom. The third-order valence-electron chi connectivity index (χ3n) is 5.00. The molecule has 0 fully saturated rings. The number of carbonyl (C=O) groups excluding carboxylic acids is 3. The number of fused-ring (bicyclic) bond motifs is 2. The third kappa shape index (κ3) is 4.18. The molecule has 0 bridgehead atoms. The average Bonchev–Trinajstić information content (AvgIpc) is 3.16. The molecule has 1 aliphatic heterocycles. The number of H-pyrrole nitrogens is 1. The van der Waals surface area contributed by atoms with Crippen molar-refractivity contribution in [1.29, 1.82) is 0 Å². The summed E-state index contributed by atoms with van der Waals surface area (Å²) in [5.74, 6) is -1.13. The smallest absolute Gasteiger partial charge is 0.328 e. The fraction of sp³-hybridized carbons (Fsp3) is 0.227. The molecule has 2 amide bonds. The number of ether oxygens (including phenoxy) is 1. The minimum atomic E-state index is -0.842. The van der Waals surface area contributed by atoms with Gasteiger partial charge in [-0.15, -0.1) is 11.8 Å². The molecule has 0 unspecified atom stereocenters. The standard InChI is InChI=1S/C22H21N3O4S/c1-29-22(28)17(10-13-12-23-15-7-3-2-6-14(13)15)24-20(26)11-19-21(27)25-16-8-4-5-9-18(16)30-19/h2-9,12,17,19,23H,10-11H2,1H3,(H,24,26)(H,25,27)/t17-,19+/m1/s1. The Balaban J connectivity index is 1.45. The minimum Gasteiger partial charge on any atom is -0.467 e. The number of carbonyl (C=O) groups is 3. The van der Waals surface area contributed by atoms with Gasteiger partial charge in [-0.25, -0.2) is 4.79 Å². The van der Waals surface area contributed by atoms with Crippen LogP contribution in [0, 0.1) is 0 Å². The Kier molecular flexibility index (Phi) is 5.76. The lowest BCUT2D eigenvalue weighted by Crippen LogP contribution is -2.45. The maximum absolute atomic E-state index is 12.7. The number of aromatic amines is 1. The van der Waals surface area contributed by atoms with Gasteiger partial charge in [0.2, 0.25) is 11.8 Å². The first-order valence-corrected chi connectivity index (χ1v) is 10.4. The number of anilines is 1. The van der Waals surface area contributed by atoms with Crippen LogP contribution in [-0.4, -0.2) is 41.2 Å². The van der Waals surface area contributed by atoms with Gasteiger partial charge in [-0.05, 0) is 23.8 Å². The summed E-state index contributed by atoms with van der Waals surface area (Å²) in [5.41, 5.74) is 2.60. The number of amides is 2. The summed E-state index contributed by atoms with van der Waals surface area (Å²) in [7, 11) is 1.29. The van der Waals surface area contributed by atoms with Crippen molar-refractivity contribution < 1.29 is 19.1 Å². The minimum absolute atomic E-state index is 0.0355. The van der Waals surface area contributed by atoms with Crippen LogP contribution in [0.15, 0.2) is 59.6 Å². The zero-order chi connectivity index (χ0) is 21.1. The van der Waals surface area contributed by atoms with E-state index in [1.165, 1.54) is 18.9 Å². The van der Waals surface area contributed by atoms with Gasteiger partial charge >= 0.3 is 5.97 Å². The summed E-state index contributed by atoms with van der Waals surface area (Å²) in [5, 5.41) is 5.99. The second-order valence-electron chi connectivity index (χ2n) is 7.00. The summed E-state index contributed by atoms with van der Waals surface area (Å²) in [6.07, 6.45) is 2.08. The maximum Gasteiger partial charge on any atom is 0.328 e. The Hall–Kier alpha value is -3.26. The van der Waals surface area contributed by atoms with Gasteiger partial charge in [0.05, 0.1) is 18.0 Å². The first-order valence-electron chi connectivity index (χ1n) is 9.54. The van der Waals surface area contributed by atoms with Crippen LogP contribution in [-0.2, 0) is 25.5 Å². The maximum atomic E-state index is 12.7. The zero-order valence-electron chi connectivity index (χ0n) is 16.3. The molecule has 154 valence electrons. The van der Waals surface area contributed by atoms with Crippen LogP contribution in [0.3, 0.4) is 0 Å². The van der Waals surface area contributed by atoms with Gasteiger partial charge in [-0.2, -0.15) is 0 Å². The van der Waals surface area contributed by atoms with Gasteiger partial charge in [0.15, 0.2) is 0 Å². The molecule has 2 atom stereocenters. The fourth-order valence-corrected chi connectivity index (χ4v) is 4.62. The molecule has 0 radical (unpaired) electrons. The van der Waals surface area contributed by atoms with Crippen molar-refractivity contribution in [2.45, 2.75) is 29.0 Å². The molecule has 0 saturated heterocycles. The van der Waals surface area contributed by atoms with E-state index in [9.17, 15) is 14.4 Å². The highest BCUT2D eigenvalue weighted by atomic mass is 32.2. The summed E-state index contributed by atoms with van der Waals surface area (Å²) in [6, 6.07) is 14.4. The highest BCUT2D eigenvalue weighted by molar-refractivity contribution is 8.01. The van der Waals surface area contributed by atoms with Gasteiger partial charge in [0, 0.05) is 34.8 Å². The number of hydrogen-bond acceptors (Lipinski definition) is 5. The van der Waals surface area contributed by atoms with Crippen molar-refractivity contribution >= 4 is 46.1 Å². The molecule has 30 heavy (non-hydrogen) atoms. The predicted octanol–water partition coefficient (Wildman–Crippen LogP) is 2.87. The molecular formula is C22H21N3O4S. The average molecular weight is 423 g/mol. The van der Waals surface area contributed by atoms with Gasteiger partial charge in [-0.1, -0.05) is 30.3 Å². The van der Waals surface area contributed by atoms with Gasteiger partial charge < -0.3 is 20.4 Å². The lowest BCUT2D eigenvalue weighted by atomic mass is 10.0. The highest BCUT2D eigenvalue weighted by Crippen LogP contribution is 2.36. The number of esters is 1. The number of methoxy groups -OCH3 is 1. The number of nitrogens with one attached hydrogen (secondary N) is 3. The van der Waals surface area contributed by atoms with Crippen molar-refractivity contribution in [3.05, 3.63) is 60.3 Å². The van der Waals surface area contributed by atoms with E-state index >= 15 is 0 Å². The SMILES string of the molecule is COC(=O)[C@@H](Cc1c[nH]c2ccccc12)NC(=O)C[C@@H]1Sc2ccccc2NC1=O. The van der Waals surface area contributed by atoms with E-state index in [4.69, 9.17) is 4.74 Å². The number of para-hydroxylation sites is 2. The topological polar surface area (TPSA) is 100 Å². The molecule has 7 nitrogen and oxygen atoms in total. The number of thioether (sulfide) groups is 1. The van der Waals surface area contributed by atoms with Gasteiger partial charge in [-0.3, -0.25) is 9.59 Å². The summed E-state index contributed by atoms with van der Waals surface area (Å²) < 4.78 is 4.88. The lowest BCUT2D eigenvalue weighted by Gasteiger charge is -2.24. The van der Waals surface area contributed by atoms with E-state index in [2.05, 4.69) is 15.6 Å². The molecule has 0 saturated carbocycles. The van der Waals surface area contributed by atoms with Crippen molar-refractivity contribution in [1.82, 2.24) is 10.3 Å². The van der Waals surface area contributed by atoms with Gasteiger partial charge in [0.25, 0.3) is 0 Å². The number of hydrogen-bond donors (Lipinski definition) is 3. The molecule has 2 aromatic carbocycles. The lowest BCUT2D eigenvalue weighted by molar-refractivity contribution is -0.145. The number of benzene rings is 2. The monoisotopic (exact) mass is 423 g/mol. The van der Waals surface area contributed by atoms with Crippen molar-refractivity contribution in [2.75, 3.05) is 12.4 Å². The molecule has 8 heteroatoms. The second kappa shape index (κ2) is 8.62. The van der Waals surface area contributed by atoms with Crippen LogP contribution >= 0.6 is 11.8 Å². The molecule has 1 aromatic heterocycles. The molecule has 4 rings (SSSR count). The summed E-state index contributed by atoms with van der Waals surface area (Å²) >= 11 is 1.35. The van der Waals surface area contributed by atoms with E-state index < -0.39 is 17.3 Å². The summed E-state index contributed by atoms with van der Waals surface area (Å²) in [4.78, 5) is 41.4. The van der Waals surface area contributed by atoms with E-state index in [-0.39, 0.29) is 24.7 Å². The van der Waals surface area contributed by atoms with Crippen molar-refractivity contribution in [3.63, 3.8) is 0 Å². The number of rotatable bonds is 6. The van der Waals surface area contributed by atoms with Crippen LogP contribution in [0.25, 0.3) is 10.9 Å². The Bertz CT molecular complexity index is 1110. The largest absolute Gasteiger partial charge is 0.467 e. The molecule has 3 aromatic rings. The Morgan fingerprint density at radius 3 is 2.77 bits per heavy atom. The molecule has 0 spiro atoms. The molecule has 2 heterocycles. The van der Waals surface area contributed by atoms with Crippen molar-refractivity contribution in [2.24, 2.45) is 0 Å². The van der Waals surface area contributed by atoms with E-state index in [1.54, 1.807) is 0 Å². The van der Waals surface area contributed by atoms with E-state index in [0.717, 1.165) is 27.0 Å². The number of aromatic nitrogens is 1. The zero-order valence-corrected chi connectivity index (χ0v) is 17.1. The van der Waals surface area contributed by atoms with Crippen LogP contribution in [0.4, 0.5) is 5.69 Å². The summed E-state index contributed by atoms with van der Waals surface area (Å²) in [6.45, 7) is 0. The molecule has 1 aliphatic rings.